The summed E-state index contributed by atoms with van der Waals surface area (Å²) in [5.74, 6) is -0.345. The number of aromatic nitrogens is 2. The lowest BCUT2D eigenvalue weighted by Crippen LogP contribution is -2.04. The van der Waals surface area contributed by atoms with Gasteiger partial charge in [0.25, 0.3) is 0 Å². The zero-order valence-corrected chi connectivity index (χ0v) is 18.2. The molecule has 0 N–H and O–H groups in total. The molecule has 2 heterocycles. The van der Waals surface area contributed by atoms with Crippen LogP contribution in [-0.2, 0) is 0 Å². The highest BCUT2D eigenvalue weighted by Crippen LogP contribution is 2.37. The van der Waals surface area contributed by atoms with Gasteiger partial charge in [-0.15, -0.1) is 0 Å². The lowest BCUT2D eigenvalue weighted by atomic mass is 10.1. The van der Waals surface area contributed by atoms with Crippen molar-refractivity contribution < 1.29 is 8.81 Å². The van der Waals surface area contributed by atoms with Gasteiger partial charge in [-0.1, -0.05) is 57.9 Å². The first-order chi connectivity index (χ1) is 15.0. The highest BCUT2D eigenvalue weighted by Gasteiger charge is 2.22. The van der Waals surface area contributed by atoms with Crippen LogP contribution in [0.1, 0.15) is 0 Å². The van der Waals surface area contributed by atoms with E-state index in [-0.39, 0.29) is 21.8 Å². The van der Waals surface area contributed by atoms with Gasteiger partial charge in [0.1, 0.15) is 22.1 Å². The summed E-state index contributed by atoms with van der Waals surface area (Å²) < 4.78 is 22.3. The third-order valence-corrected chi connectivity index (χ3v) is 5.77. The number of hydrogen-bond donors (Lipinski definition) is 0. The van der Waals surface area contributed by atoms with Crippen molar-refractivity contribution in [3.05, 3.63) is 105 Å². The summed E-state index contributed by atoms with van der Waals surface area (Å²) in [6.07, 6.45) is 1.77. The van der Waals surface area contributed by atoms with Gasteiger partial charge < -0.3 is 4.42 Å². The third-order valence-electron chi connectivity index (χ3n) is 4.89. The van der Waals surface area contributed by atoms with Crippen molar-refractivity contribution in [3.8, 4) is 28.3 Å². The first-order valence-electron chi connectivity index (χ1n) is 9.34. The fourth-order valence-electron chi connectivity index (χ4n) is 3.39. The molecule has 0 fully saturated rings. The minimum absolute atomic E-state index is 0.0920. The normalized spacial score (nSPS) is 11.2. The smallest absolute Gasteiger partial charge is 0.212 e. The van der Waals surface area contributed by atoms with Gasteiger partial charge in [-0.25, -0.2) is 9.07 Å². The largest absolute Gasteiger partial charge is 0.454 e. The molecule has 5 aromatic rings. The Hall–Kier alpha value is -3.22. The van der Waals surface area contributed by atoms with Crippen molar-refractivity contribution in [2.24, 2.45) is 0 Å². The van der Waals surface area contributed by atoms with E-state index in [9.17, 15) is 9.18 Å². The quantitative estimate of drug-likeness (QED) is 0.274. The molecule has 0 aliphatic carbocycles. The molecule has 3 aromatic carbocycles. The van der Waals surface area contributed by atoms with E-state index in [2.05, 4.69) is 15.9 Å². The van der Waals surface area contributed by atoms with Gasteiger partial charge in [-0.2, -0.15) is 5.10 Å². The van der Waals surface area contributed by atoms with E-state index in [1.165, 1.54) is 12.1 Å². The van der Waals surface area contributed by atoms with Crippen LogP contribution in [0.4, 0.5) is 4.39 Å². The van der Waals surface area contributed by atoms with Crippen molar-refractivity contribution in [1.82, 2.24) is 9.78 Å². The van der Waals surface area contributed by atoms with Crippen LogP contribution in [0, 0.1) is 5.82 Å². The molecule has 2 aromatic heterocycles. The SMILES string of the molecule is O=c1c(Cl)c(-c2cn(-c3ccccc3)nc2-c2ccc(Br)cc2)oc2ccc(F)cc12. The number of hydrogen-bond acceptors (Lipinski definition) is 3. The van der Waals surface area contributed by atoms with Crippen LogP contribution < -0.4 is 5.43 Å². The van der Waals surface area contributed by atoms with Crippen molar-refractivity contribution in [2.45, 2.75) is 0 Å². The maximum Gasteiger partial charge on any atom is 0.212 e. The van der Waals surface area contributed by atoms with Crippen LogP contribution in [0.5, 0.6) is 0 Å². The van der Waals surface area contributed by atoms with E-state index in [0.29, 0.717) is 11.3 Å². The van der Waals surface area contributed by atoms with Crippen LogP contribution >= 0.6 is 27.5 Å². The first-order valence-corrected chi connectivity index (χ1v) is 10.5. The minimum Gasteiger partial charge on any atom is -0.454 e. The lowest BCUT2D eigenvalue weighted by Gasteiger charge is -2.06. The standard InChI is InChI=1S/C24H13BrClFN2O2/c25-15-8-6-14(7-9-15)22-19(13-29(28-22)17-4-2-1-3-5-17)24-21(26)23(30)18-12-16(27)10-11-20(18)31-24/h1-13H. The predicted octanol–water partition coefficient (Wildman–Crippen LogP) is 6.87. The Bertz CT molecular complexity index is 1480. The number of halogens is 3. The Morgan fingerprint density at radius 1 is 1.00 bits per heavy atom. The van der Waals surface area contributed by atoms with Crippen molar-refractivity contribution in [1.29, 1.82) is 0 Å². The zero-order valence-electron chi connectivity index (χ0n) is 15.9. The molecule has 0 radical (unpaired) electrons. The molecule has 0 amide bonds. The number of para-hydroxylation sites is 1. The van der Waals surface area contributed by atoms with Crippen molar-refractivity contribution in [2.75, 3.05) is 0 Å². The molecule has 7 heteroatoms. The Morgan fingerprint density at radius 2 is 1.74 bits per heavy atom. The van der Waals surface area contributed by atoms with E-state index in [0.717, 1.165) is 21.8 Å². The Morgan fingerprint density at radius 3 is 2.48 bits per heavy atom. The van der Waals surface area contributed by atoms with Gasteiger partial charge >= 0.3 is 0 Å². The molecule has 0 saturated carbocycles. The van der Waals surface area contributed by atoms with E-state index < -0.39 is 11.2 Å². The highest BCUT2D eigenvalue weighted by atomic mass is 79.9. The molecular weight excluding hydrogens is 483 g/mol. The molecular formula is C24H13BrClFN2O2. The van der Waals surface area contributed by atoms with Crippen molar-refractivity contribution >= 4 is 38.5 Å². The molecule has 152 valence electrons. The van der Waals surface area contributed by atoms with E-state index in [1.807, 2.05) is 54.6 Å². The maximum atomic E-state index is 13.6. The van der Waals surface area contributed by atoms with E-state index >= 15 is 0 Å². The summed E-state index contributed by atoms with van der Waals surface area (Å²) in [5.41, 5.74) is 2.58. The number of fused-ring (bicyclic) bond motifs is 1. The molecule has 31 heavy (non-hydrogen) atoms. The topological polar surface area (TPSA) is 48.0 Å². The predicted molar refractivity (Wildman–Crippen MR) is 123 cm³/mol. The molecule has 4 nitrogen and oxygen atoms in total. The number of benzene rings is 3. The minimum atomic E-state index is -0.531. The monoisotopic (exact) mass is 494 g/mol. The van der Waals surface area contributed by atoms with Gasteiger partial charge in [0.05, 0.1) is 16.6 Å². The molecule has 0 unspecified atom stereocenters. The summed E-state index contributed by atoms with van der Waals surface area (Å²) in [5, 5.41) is 4.71. The zero-order chi connectivity index (χ0) is 21.5. The fraction of sp³-hybridized carbons (Fsp3) is 0. The van der Waals surface area contributed by atoms with Gasteiger partial charge in [0, 0.05) is 16.2 Å². The second-order valence-electron chi connectivity index (χ2n) is 6.89. The summed E-state index contributed by atoms with van der Waals surface area (Å²) >= 11 is 9.87. The molecule has 0 spiro atoms. The second-order valence-corrected chi connectivity index (χ2v) is 8.19. The third kappa shape index (κ3) is 3.58. The first kappa shape index (κ1) is 19.7. The average Bonchev–Trinajstić information content (AvgIpc) is 3.23. The van der Waals surface area contributed by atoms with E-state index in [1.54, 1.807) is 10.9 Å². The van der Waals surface area contributed by atoms with Crippen molar-refractivity contribution in [3.63, 3.8) is 0 Å². The van der Waals surface area contributed by atoms with Crippen LogP contribution in [0.3, 0.4) is 0 Å². The van der Waals surface area contributed by atoms with Gasteiger partial charge in [-0.05, 0) is 42.5 Å². The van der Waals surface area contributed by atoms with Crippen LogP contribution in [-0.4, -0.2) is 9.78 Å². The number of nitrogens with zero attached hydrogens (tertiary/aromatic N) is 2. The summed E-state index contributed by atoms with van der Waals surface area (Å²) in [4.78, 5) is 12.9. The Balaban J connectivity index is 1.79. The molecule has 0 atom stereocenters. The second kappa shape index (κ2) is 7.80. The maximum absolute atomic E-state index is 13.6. The van der Waals surface area contributed by atoms with Gasteiger partial charge in [0.15, 0.2) is 5.76 Å². The van der Waals surface area contributed by atoms with Gasteiger partial charge in [-0.3, -0.25) is 4.79 Å². The molecule has 0 saturated heterocycles. The molecule has 0 aliphatic heterocycles. The highest BCUT2D eigenvalue weighted by molar-refractivity contribution is 9.10. The average molecular weight is 496 g/mol. The Kier molecular flexibility index (Phi) is 4.96. The molecule has 5 rings (SSSR count). The summed E-state index contributed by atoms with van der Waals surface area (Å²) in [6.45, 7) is 0. The fourth-order valence-corrected chi connectivity index (χ4v) is 3.90. The van der Waals surface area contributed by atoms with Crippen LogP contribution in [0.2, 0.25) is 5.02 Å². The molecule has 0 bridgehead atoms. The van der Waals surface area contributed by atoms with Gasteiger partial charge in [0.2, 0.25) is 5.43 Å². The summed E-state index contributed by atoms with van der Waals surface area (Å²) in [7, 11) is 0. The summed E-state index contributed by atoms with van der Waals surface area (Å²) in [6, 6.07) is 21.0. The van der Waals surface area contributed by atoms with Crippen LogP contribution in [0.15, 0.2) is 92.7 Å². The van der Waals surface area contributed by atoms with Crippen LogP contribution in [0.25, 0.3) is 39.2 Å². The Labute approximate surface area is 189 Å². The molecule has 0 aliphatic rings. The van der Waals surface area contributed by atoms with E-state index in [4.69, 9.17) is 21.1 Å². The number of rotatable bonds is 3. The lowest BCUT2D eigenvalue weighted by molar-refractivity contribution is 0.609.